The molecule has 0 spiro atoms. The van der Waals surface area contributed by atoms with Gasteiger partial charge < -0.3 is 9.80 Å². The summed E-state index contributed by atoms with van der Waals surface area (Å²) >= 11 is 0. The molecule has 2 atom stereocenters. The van der Waals surface area contributed by atoms with Crippen LogP contribution in [0.25, 0.3) is 0 Å². The van der Waals surface area contributed by atoms with Gasteiger partial charge in [-0.25, -0.2) is 18.4 Å². The highest BCUT2D eigenvalue weighted by Gasteiger charge is 2.47. The van der Waals surface area contributed by atoms with E-state index in [1.54, 1.807) is 32.6 Å². The summed E-state index contributed by atoms with van der Waals surface area (Å²) in [5.74, 6) is 0.709. The van der Waals surface area contributed by atoms with Gasteiger partial charge in [-0.3, -0.25) is 9.69 Å². The summed E-state index contributed by atoms with van der Waals surface area (Å²) in [4.78, 5) is 26.0. The van der Waals surface area contributed by atoms with E-state index in [4.69, 9.17) is 0 Å². The SMILES string of the molecule is CN(C)C(=O)CN1CCN(c2ncccn2)[C@@H]2CS(=O)(=O)C[C@@H]21. The molecule has 0 aliphatic carbocycles. The Kier molecular flexibility index (Phi) is 4.24. The lowest BCUT2D eigenvalue weighted by molar-refractivity contribution is -0.130. The fourth-order valence-corrected chi connectivity index (χ4v) is 5.24. The van der Waals surface area contributed by atoms with Gasteiger partial charge in [-0.15, -0.1) is 0 Å². The van der Waals surface area contributed by atoms with Crippen molar-refractivity contribution >= 4 is 21.7 Å². The van der Waals surface area contributed by atoms with Crippen molar-refractivity contribution in [1.29, 1.82) is 0 Å². The molecule has 1 aromatic heterocycles. The van der Waals surface area contributed by atoms with E-state index in [0.29, 0.717) is 19.0 Å². The maximum atomic E-state index is 12.1. The van der Waals surface area contributed by atoms with Crippen molar-refractivity contribution in [2.45, 2.75) is 12.1 Å². The van der Waals surface area contributed by atoms with E-state index >= 15 is 0 Å². The molecule has 0 aromatic carbocycles. The minimum atomic E-state index is -3.12. The van der Waals surface area contributed by atoms with E-state index in [0.717, 1.165) is 0 Å². The summed E-state index contributed by atoms with van der Waals surface area (Å²) in [6.07, 6.45) is 3.31. The van der Waals surface area contributed by atoms with Crippen molar-refractivity contribution in [3.05, 3.63) is 18.5 Å². The topological polar surface area (TPSA) is 86.7 Å². The number of rotatable bonds is 3. The van der Waals surface area contributed by atoms with Crippen LogP contribution in [0.4, 0.5) is 5.95 Å². The Morgan fingerprint density at radius 2 is 1.87 bits per heavy atom. The minimum Gasteiger partial charge on any atom is -0.348 e. The third kappa shape index (κ3) is 3.30. The number of carbonyl (C=O) groups is 1. The maximum absolute atomic E-state index is 12.1. The molecule has 8 nitrogen and oxygen atoms in total. The summed E-state index contributed by atoms with van der Waals surface area (Å²) in [6.45, 7) is 1.48. The van der Waals surface area contributed by atoms with E-state index in [9.17, 15) is 13.2 Å². The average molecular weight is 339 g/mol. The Balaban J connectivity index is 1.84. The van der Waals surface area contributed by atoms with Crippen molar-refractivity contribution in [1.82, 2.24) is 19.8 Å². The Morgan fingerprint density at radius 3 is 2.52 bits per heavy atom. The number of amides is 1. The highest BCUT2D eigenvalue weighted by Crippen LogP contribution is 2.28. The van der Waals surface area contributed by atoms with Gasteiger partial charge in [0, 0.05) is 45.6 Å². The summed E-state index contributed by atoms with van der Waals surface area (Å²) < 4.78 is 24.3. The number of piperazine rings is 1. The molecular weight excluding hydrogens is 318 g/mol. The minimum absolute atomic E-state index is 0.0162. The zero-order valence-corrected chi connectivity index (χ0v) is 14.1. The summed E-state index contributed by atoms with van der Waals surface area (Å²) in [7, 11) is 0.293. The van der Waals surface area contributed by atoms with Crippen molar-refractivity contribution in [3.63, 3.8) is 0 Å². The molecule has 126 valence electrons. The van der Waals surface area contributed by atoms with Gasteiger partial charge in [-0.1, -0.05) is 0 Å². The predicted octanol–water partition coefficient (Wildman–Crippen LogP) is -1.15. The Labute approximate surface area is 136 Å². The number of nitrogens with zero attached hydrogens (tertiary/aromatic N) is 5. The van der Waals surface area contributed by atoms with Crippen molar-refractivity contribution in [2.24, 2.45) is 0 Å². The van der Waals surface area contributed by atoms with Gasteiger partial charge in [0.1, 0.15) is 0 Å². The molecule has 2 aliphatic rings. The number of fused-ring (bicyclic) bond motifs is 1. The molecule has 3 rings (SSSR count). The highest BCUT2D eigenvalue weighted by atomic mass is 32.2. The molecule has 2 fully saturated rings. The van der Waals surface area contributed by atoms with Crippen molar-refractivity contribution in [3.8, 4) is 0 Å². The standard InChI is InChI=1S/C14H21N5O3S/c1-17(2)13(20)8-18-6-7-19(14-15-4-3-5-16-14)12-10-23(21,22)9-11(12)18/h3-5,11-12H,6-10H2,1-2H3/t11-,12+/m0/s1. The molecule has 9 heteroatoms. The van der Waals surface area contributed by atoms with Crippen LogP contribution >= 0.6 is 0 Å². The van der Waals surface area contributed by atoms with Gasteiger partial charge in [0.05, 0.1) is 24.1 Å². The molecule has 1 aromatic rings. The van der Waals surface area contributed by atoms with E-state index in [-0.39, 0.29) is 36.0 Å². The van der Waals surface area contributed by atoms with Crippen LogP contribution in [0.3, 0.4) is 0 Å². The highest BCUT2D eigenvalue weighted by molar-refractivity contribution is 7.91. The van der Waals surface area contributed by atoms with Crippen LogP contribution in [0, 0.1) is 0 Å². The summed E-state index contributed by atoms with van der Waals surface area (Å²) in [5.41, 5.74) is 0. The molecule has 0 bridgehead atoms. The summed E-state index contributed by atoms with van der Waals surface area (Å²) in [5, 5.41) is 0. The van der Waals surface area contributed by atoms with E-state index in [1.807, 2.05) is 9.80 Å². The van der Waals surface area contributed by atoms with Crippen molar-refractivity contribution in [2.75, 3.05) is 50.1 Å². The summed E-state index contributed by atoms with van der Waals surface area (Å²) in [6, 6.07) is 1.34. The number of anilines is 1. The number of aromatic nitrogens is 2. The van der Waals surface area contributed by atoms with Crippen LogP contribution in [0.15, 0.2) is 18.5 Å². The molecule has 1 amide bonds. The lowest BCUT2D eigenvalue weighted by Crippen LogP contribution is -2.61. The second kappa shape index (κ2) is 6.04. The molecule has 0 radical (unpaired) electrons. The second-order valence-electron chi connectivity index (χ2n) is 6.21. The number of hydrogen-bond donors (Lipinski definition) is 0. The van der Waals surface area contributed by atoms with Crippen molar-refractivity contribution < 1.29 is 13.2 Å². The van der Waals surface area contributed by atoms with Crippen LogP contribution in [0.2, 0.25) is 0 Å². The lowest BCUT2D eigenvalue weighted by Gasteiger charge is -2.43. The van der Waals surface area contributed by atoms with Gasteiger partial charge in [0.15, 0.2) is 9.84 Å². The first-order valence-electron chi connectivity index (χ1n) is 7.56. The largest absolute Gasteiger partial charge is 0.348 e. The smallest absolute Gasteiger partial charge is 0.236 e. The first-order valence-corrected chi connectivity index (χ1v) is 9.38. The monoisotopic (exact) mass is 339 g/mol. The fraction of sp³-hybridized carbons (Fsp3) is 0.643. The molecule has 0 saturated carbocycles. The third-order valence-electron chi connectivity index (χ3n) is 4.44. The van der Waals surface area contributed by atoms with Crippen LogP contribution in [-0.4, -0.2) is 91.4 Å². The van der Waals surface area contributed by atoms with Gasteiger partial charge >= 0.3 is 0 Å². The average Bonchev–Trinajstić information content (AvgIpc) is 2.83. The van der Waals surface area contributed by atoms with Gasteiger partial charge in [0.2, 0.25) is 11.9 Å². The quantitative estimate of drug-likeness (QED) is 0.687. The molecule has 23 heavy (non-hydrogen) atoms. The van der Waals surface area contributed by atoms with Crippen LogP contribution in [0.1, 0.15) is 0 Å². The molecule has 0 unspecified atom stereocenters. The fourth-order valence-electron chi connectivity index (χ4n) is 3.22. The first kappa shape index (κ1) is 16.1. The number of hydrogen-bond acceptors (Lipinski definition) is 7. The Hall–Kier alpha value is -1.74. The predicted molar refractivity (Wildman–Crippen MR) is 85.9 cm³/mol. The molecular formula is C14H21N5O3S. The van der Waals surface area contributed by atoms with E-state index in [1.165, 1.54) is 4.90 Å². The Morgan fingerprint density at radius 1 is 1.22 bits per heavy atom. The second-order valence-corrected chi connectivity index (χ2v) is 8.37. The number of carbonyl (C=O) groups excluding carboxylic acids is 1. The number of likely N-dealkylation sites (N-methyl/N-ethyl adjacent to an activating group) is 1. The van der Waals surface area contributed by atoms with Crippen LogP contribution in [-0.2, 0) is 14.6 Å². The van der Waals surface area contributed by atoms with Crippen LogP contribution in [0.5, 0.6) is 0 Å². The maximum Gasteiger partial charge on any atom is 0.236 e. The Bertz CT molecular complexity index is 679. The van der Waals surface area contributed by atoms with Gasteiger partial charge in [0.25, 0.3) is 0 Å². The molecule has 3 heterocycles. The van der Waals surface area contributed by atoms with Gasteiger partial charge in [-0.2, -0.15) is 0 Å². The zero-order chi connectivity index (χ0) is 16.6. The molecule has 2 aliphatic heterocycles. The third-order valence-corrected chi connectivity index (χ3v) is 6.14. The zero-order valence-electron chi connectivity index (χ0n) is 13.3. The normalized spacial score (nSPS) is 26.8. The van der Waals surface area contributed by atoms with Crippen LogP contribution < -0.4 is 4.90 Å². The van der Waals surface area contributed by atoms with E-state index < -0.39 is 9.84 Å². The first-order chi connectivity index (χ1) is 10.9. The van der Waals surface area contributed by atoms with Gasteiger partial charge in [-0.05, 0) is 6.07 Å². The lowest BCUT2D eigenvalue weighted by atomic mass is 10.1. The molecule has 2 saturated heterocycles. The molecule has 0 N–H and O–H groups in total. The van der Waals surface area contributed by atoms with E-state index in [2.05, 4.69) is 9.97 Å². The number of sulfone groups is 1.